The average Bonchev–Trinajstić information content (AvgIpc) is 3.30. The molecule has 41 heavy (non-hydrogen) atoms. The maximum absolute atomic E-state index is 13.8. The Balaban J connectivity index is 1.85. The van der Waals surface area contributed by atoms with Crippen LogP contribution in [0, 0.1) is 5.41 Å². The molecular weight excluding hydrogens is 544 g/mol. The number of carbonyl (C=O) groups is 1. The summed E-state index contributed by atoms with van der Waals surface area (Å²) in [5.41, 5.74) is 7.86. The largest absolute Gasteiger partial charge is 0.465 e. The summed E-state index contributed by atoms with van der Waals surface area (Å²) < 4.78 is 35.6. The summed E-state index contributed by atoms with van der Waals surface area (Å²) in [4.78, 5) is 19.3. The summed E-state index contributed by atoms with van der Waals surface area (Å²) in [5, 5.41) is 18.9. The third kappa shape index (κ3) is 6.56. The highest BCUT2D eigenvalue weighted by atomic mass is 32.2. The van der Waals surface area contributed by atoms with E-state index in [9.17, 15) is 18.3 Å². The van der Waals surface area contributed by atoms with Crippen molar-refractivity contribution in [1.82, 2.24) is 14.5 Å². The molecule has 1 aromatic heterocycles. The molecule has 0 aliphatic carbocycles. The quantitative estimate of drug-likeness (QED) is 0.132. The molecular formula is C29H34N6O5S. The predicted octanol–water partition coefficient (Wildman–Crippen LogP) is 2.72. The molecule has 12 heteroatoms. The van der Waals surface area contributed by atoms with E-state index in [1.807, 2.05) is 19.0 Å². The van der Waals surface area contributed by atoms with E-state index in [4.69, 9.17) is 15.9 Å². The number of aromatic nitrogens is 2. The molecule has 1 atom stereocenters. The number of rotatable bonds is 12. The van der Waals surface area contributed by atoms with Crippen LogP contribution >= 0.6 is 0 Å². The molecule has 4 rings (SSSR count). The van der Waals surface area contributed by atoms with E-state index in [-0.39, 0.29) is 36.3 Å². The number of fused-ring (bicyclic) bond motifs is 1. The lowest BCUT2D eigenvalue weighted by Crippen LogP contribution is -2.36. The van der Waals surface area contributed by atoms with E-state index >= 15 is 0 Å². The Morgan fingerprint density at radius 2 is 1.76 bits per heavy atom. The van der Waals surface area contributed by atoms with Crippen LogP contribution in [0.25, 0.3) is 11.0 Å². The standard InChI is InChI=1S/C29H34N6O5S/c1-4-40-26(36)19-34-25-18-22(35(17-16-33(2)3)41(38,39)23-8-6-5-7-9-23)14-15-24(25)32-29(34)27(37)20-10-12-21(13-11-20)28(30)31/h5-15,18,27,37H,4,16-17,19H2,1-3H3,(H3,30,31). The van der Waals surface area contributed by atoms with Crippen LogP contribution in [0.4, 0.5) is 5.69 Å². The topological polar surface area (TPSA) is 155 Å². The van der Waals surface area contributed by atoms with Crippen LogP contribution in [0.15, 0.2) is 77.7 Å². The molecule has 0 fully saturated rings. The summed E-state index contributed by atoms with van der Waals surface area (Å²) in [5.74, 6) is -0.442. The first-order chi connectivity index (χ1) is 19.5. The first-order valence-electron chi connectivity index (χ1n) is 13.0. The minimum absolute atomic E-state index is 0.0996. The fourth-order valence-corrected chi connectivity index (χ4v) is 5.86. The molecule has 0 bridgehead atoms. The van der Waals surface area contributed by atoms with Gasteiger partial charge in [0.25, 0.3) is 10.0 Å². The number of esters is 1. The summed E-state index contributed by atoms with van der Waals surface area (Å²) >= 11 is 0. The van der Waals surface area contributed by atoms with Gasteiger partial charge in [-0.15, -0.1) is 0 Å². The van der Waals surface area contributed by atoms with E-state index in [0.717, 1.165) is 0 Å². The van der Waals surface area contributed by atoms with Gasteiger partial charge in [-0.3, -0.25) is 14.5 Å². The van der Waals surface area contributed by atoms with Crippen molar-refractivity contribution in [3.63, 3.8) is 0 Å². The lowest BCUT2D eigenvalue weighted by atomic mass is 10.1. The van der Waals surface area contributed by atoms with Gasteiger partial charge in [0.15, 0.2) is 0 Å². The van der Waals surface area contributed by atoms with E-state index in [1.54, 1.807) is 84.3 Å². The molecule has 3 aromatic carbocycles. The molecule has 0 radical (unpaired) electrons. The third-order valence-corrected chi connectivity index (χ3v) is 8.35. The van der Waals surface area contributed by atoms with E-state index in [2.05, 4.69) is 4.98 Å². The number of sulfonamides is 1. The van der Waals surface area contributed by atoms with Gasteiger partial charge in [-0.05, 0) is 56.9 Å². The first-order valence-corrected chi connectivity index (χ1v) is 14.5. The normalized spacial score (nSPS) is 12.4. The Bertz CT molecular complexity index is 1640. The molecule has 0 saturated heterocycles. The molecule has 4 N–H and O–H groups in total. The van der Waals surface area contributed by atoms with Gasteiger partial charge in [0.2, 0.25) is 0 Å². The molecule has 0 saturated carbocycles. The van der Waals surface area contributed by atoms with Crippen LogP contribution in [0.1, 0.15) is 30.0 Å². The second-order valence-corrected chi connectivity index (χ2v) is 11.5. The number of aliphatic hydroxyl groups is 1. The number of amidine groups is 1. The lowest BCUT2D eigenvalue weighted by Gasteiger charge is -2.26. The van der Waals surface area contributed by atoms with Crippen molar-refractivity contribution < 1.29 is 23.1 Å². The van der Waals surface area contributed by atoms with Crippen LogP contribution in [0.3, 0.4) is 0 Å². The minimum atomic E-state index is -3.92. The highest BCUT2D eigenvalue weighted by Gasteiger charge is 2.27. The van der Waals surface area contributed by atoms with Crippen molar-refractivity contribution >= 4 is 38.5 Å². The fraction of sp³-hybridized carbons (Fsp3) is 0.276. The molecule has 1 unspecified atom stereocenters. The number of carbonyl (C=O) groups excluding carboxylic acids is 1. The zero-order valence-electron chi connectivity index (χ0n) is 23.2. The number of likely N-dealkylation sites (N-methyl/N-ethyl adjacent to an activating group) is 1. The number of anilines is 1. The number of imidazole rings is 1. The molecule has 0 aliphatic rings. The van der Waals surface area contributed by atoms with Crippen molar-refractivity contribution in [3.05, 3.63) is 89.7 Å². The number of nitrogens with two attached hydrogens (primary N) is 1. The van der Waals surface area contributed by atoms with Crippen molar-refractivity contribution in [2.45, 2.75) is 24.5 Å². The number of nitrogens with one attached hydrogen (secondary N) is 1. The molecule has 0 aliphatic heterocycles. The van der Waals surface area contributed by atoms with Crippen molar-refractivity contribution in [2.24, 2.45) is 5.73 Å². The Hall–Kier alpha value is -4.26. The number of hydrogen-bond donors (Lipinski definition) is 3. The monoisotopic (exact) mass is 578 g/mol. The van der Waals surface area contributed by atoms with Crippen LogP contribution in [-0.4, -0.2) is 73.6 Å². The number of ether oxygens (including phenoxy) is 1. The van der Waals surface area contributed by atoms with Gasteiger partial charge in [-0.2, -0.15) is 0 Å². The maximum atomic E-state index is 13.8. The second-order valence-electron chi connectivity index (χ2n) is 9.67. The van der Waals surface area contributed by atoms with Crippen LogP contribution in [-0.2, 0) is 26.1 Å². The van der Waals surface area contributed by atoms with E-state index in [0.29, 0.717) is 34.4 Å². The number of hydrogen-bond acceptors (Lipinski definition) is 8. The van der Waals surface area contributed by atoms with Crippen molar-refractivity contribution in [3.8, 4) is 0 Å². The number of nitrogens with zero attached hydrogens (tertiary/aromatic N) is 4. The zero-order chi connectivity index (χ0) is 29.7. The van der Waals surface area contributed by atoms with Crippen LogP contribution < -0.4 is 10.0 Å². The van der Waals surface area contributed by atoms with Gasteiger partial charge in [-0.1, -0.05) is 42.5 Å². The Morgan fingerprint density at radius 1 is 1.07 bits per heavy atom. The number of nitrogen functional groups attached to an aromatic ring is 1. The maximum Gasteiger partial charge on any atom is 0.326 e. The molecule has 0 spiro atoms. The summed E-state index contributed by atoms with van der Waals surface area (Å²) in [6.07, 6.45) is -1.22. The molecule has 4 aromatic rings. The lowest BCUT2D eigenvalue weighted by molar-refractivity contribution is -0.143. The van der Waals surface area contributed by atoms with Gasteiger partial charge in [0.05, 0.1) is 28.2 Å². The summed E-state index contributed by atoms with van der Waals surface area (Å²) in [6.45, 7) is 2.28. The molecule has 1 heterocycles. The van der Waals surface area contributed by atoms with Crippen LogP contribution in [0.5, 0.6) is 0 Å². The van der Waals surface area contributed by atoms with Gasteiger partial charge >= 0.3 is 5.97 Å². The molecule has 0 amide bonds. The van der Waals surface area contributed by atoms with Crippen molar-refractivity contribution in [2.75, 3.05) is 38.1 Å². The molecule has 11 nitrogen and oxygen atoms in total. The predicted molar refractivity (Wildman–Crippen MR) is 157 cm³/mol. The Morgan fingerprint density at radius 3 is 2.37 bits per heavy atom. The highest BCUT2D eigenvalue weighted by molar-refractivity contribution is 7.92. The summed E-state index contributed by atoms with van der Waals surface area (Å²) in [6, 6.07) is 19.7. The van der Waals surface area contributed by atoms with Crippen molar-refractivity contribution in [1.29, 1.82) is 5.41 Å². The summed E-state index contributed by atoms with van der Waals surface area (Å²) in [7, 11) is -0.193. The Kier molecular flexibility index (Phi) is 9.06. The third-order valence-electron chi connectivity index (χ3n) is 6.51. The number of aliphatic hydroxyl groups excluding tert-OH is 1. The minimum Gasteiger partial charge on any atom is -0.465 e. The number of benzene rings is 3. The van der Waals surface area contributed by atoms with Gasteiger partial charge < -0.3 is 25.0 Å². The van der Waals surface area contributed by atoms with E-state index < -0.39 is 22.1 Å². The van der Waals surface area contributed by atoms with Gasteiger partial charge in [0, 0.05) is 18.7 Å². The zero-order valence-corrected chi connectivity index (χ0v) is 24.0. The fourth-order valence-electron chi connectivity index (χ4n) is 4.39. The SMILES string of the molecule is CCOC(=O)Cn1c(C(O)c2ccc(C(=N)N)cc2)nc2ccc(N(CCN(C)C)S(=O)(=O)c3ccccc3)cc21. The molecule has 216 valence electrons. The van der Waals surface area contributed by atoms with Crippen LogP contribution in [0.2, 0.25) is 0 Å². The smallest absolute Gasteiger partial charge is 0.326 e. The van der Waals surface area contributed by atoms with Gasteiger partial charge in [0.1, 0.15) is 24.3 Å². The Labute approximate surface area is 239 Å². The van der Waals surface area contributed by atoms with Gasteiger partial charge in [-0.25, -0.2) is 13.4 Å². The average molecular weight is 579 g/mol. The van der Waals surface area contributed by atoms with E-state index in [1.165, 1.54) is 4.31 Å². The highest BCUT2D eigenvalue weighted by Crippen LogP contribution is 2.31. The second kappa shape index (κ2) is 12.5. The first kappa shape index (κ1) is 29.7.